The maximum absolute atomic E-state index is 6.62. The summed E-state index contributed by atoms with van der Waals surface area (Å²) in [6.07, 6.45) is 0. The standard InChI is InChI=1S/C29H35BN2O/c1-21(2)28(3,4)29(5,6)33-30(7)23-17-19-24(20-18-23)32-26-16-12-11-15-25(26)31-27(32)22-13-9-8-10-14-22/h8-21H,1-7H3. The summed E-state index contributed by atoms with van der Waals surface area (Å²) in [7, 11) is 0. The lowest BCUT2D eigenvalue weighted by molar-refractivity contribution is -0.0396. The van der Waals surface area contributed by atoms with Gasteiger partial charge in [0, 0.05) is 11.3 Å². The van der Waals surface area contributed by atoms with E-state index < -0.39 is 0 Å². The fourth-order valence-electron chi connectivity index (χ4n) is 4.32. The van der Waals surface area contributed by atoms with E-state index in [1.807, 2.05) is 12.1 Å². The van der Waals surface area contributed by atoms with Gasteiger partial charge in [-0.25, -0.2) is 4.98 Å². The molecule has 170 valence electrons. The molecule has 0 saturated heterocycles. The molecule has 0 fully saturated rings. The third-order valence-corrected chi connectivity index (χ3v) is 7.68. The van der Waals surface area contributed by atoms with Crippen LogP contribution in [0.5, 0.6) is 0 Å². The van der Waals surface area contributed by atoms with Crippen LogP contribution in [0, 0.1) is 11.3 Å². The molecule has 0 N–H and O–H groups in total. The van der Waals surface area contributed by atoms with E-state index in [0.29, 0.717) is 5.92 Å². The van der Waals surface area contributed by atoms with Crippen molar-refractivity contribution in [1.82, 2.24) is 9.55 Å². The summed E-state index contributed by atoms with van der Waals surface area (Å²) in [6, 6.07) is 27.4. The van der Waals surface area contributed by atoms with Crippen LogP contribution in [0.4, 0.5) is 0 Å². The molecule has 0 bridgehead atoms. The maximum atomic E-state index is 6.62. The maximum Gasteiger partial charge on any atom is 0.324 e. The number of imidazole rings is 1. The summed E-state index contributed by atoms with van der Waals surface area (Å²) in [5.74, 6) is 1.47. The van der Waals surface area contributed by atoms with Crippen molar-refractivity contribution in [2.24, 2.45) is 11.3 Å². The average Bonchev–Trinajstić information content (AvgIpc) is 3.19. The van der Waals surface area contributed by atoms with Crippen molar-refractivity contribution in [3.8, 4) is 17.1 Å². The second-order valence-electron chi connectivity index (χ2n) is 10.4. The molecule has 0 aliphatic carbocycles. The second-order valence-corrected chi connectivity index (χ2v) is 10.4. The SMILES string of the molecule is CB(OC(C)(C)C(C)(C)C(C)C)c1ccc(-n2c(-c3ccccc3)nc3ccccc32)cc1. The predicted molar refractivity (Wildman–Crippen MR) is 142 cm³/mol. The molecule has 0 aliphatic rings. The molecule has 0 atom stereocenters. The molecule has 33 heavy (non-hydrogen) atoms. The summed E-state index contributed by atoms with van der Waals surface area (Å²) in [5.41, 5.74) is 5.29. The fraction of sp³-hybridized carbons (Fsp3) is 0.345. The monoisotopic (exact) mass is 438 g/mol. The molecule has 0 unspecified atom stereocenters. The van der Waals surface area contributed by atoms with E-state index in [-0.39, 0.29) is 17.9 Å². The van der Waals surface area contributed by atoms with Crippen molar-refractivity contribution in [2.45, 2.75) is 54.0 Å². The van der Waals surface area contributed by atoms with Crippen molar-refractivity contribution >= 4 is 23.4 Å². The van der Waals surface area contributed by atoms with Crippen LogP contribution in [0.25, 0.3) is 28.1 Å². The first-order chi connectivity index (χ1) is 15.6. The Morgan fingerprint density at radius 2 is 1.42 bits per heavy atom. The van der Waals surface area contributed by atoms with Crippen molar-refractivity contribution < 1.29 is 4.65 Å². The summed E-state index contributed by atoms with van der Waals surface area (Å²) in [5, 5.41) is 0. The Hall–Kier alpha value is -2.85. The molecular formula is C29H35BN2O. The average molecular weight is 438 g/mol. The summed E-state index contributed by atoms with van der Waals surface area (Å²) >= 11 is 0. The smallest absolute Gasteiger partial charge is 0.324 e. The zero-order valence-corrected chi connectivity index (χ0v) is 21.0. The largest absolute Gasteiger partial charge is 0.426 e. The van der Waals surface area contributed by atoms with Crippen LogP contribution in [0.15, 0.2) is 78.9 Å². The molecule has 0 amide bonds. The van der Waals surface area contributed by atoms with Gasteiger partial charge in [-0.3, -0.25) is 4.57 Å². The van der Waals surface area contributed by atoms with Crippen molar-refractivity contribution in [1.29, 1.82) is 0 Å². The van der Waals surface area contributed by atoms with Gasteiger partial charge >= 0.3 is 6.92 Å². The van der Waals surface area contributed by atoms with Crippen LogP contribution < -0.4 is 5.46 Å². The van der Waals surface area contributed by atoms with E-state index in [9.17, 15) is 0 Å². The first kappa shape index (κ1) is 23.3. The van der Waals surface area contributed by atoms with Crippen LogP contribution in [0.1, 0.15) is 41.5 Å². The van der Waals surface area contributed by atoms with E-state index in [4.69, 9.17) is 9.64 Å². The van der Waals surface area contributed by atoms with Gasteiger partial charge in [0.25, 0.3) is 0 Å². The van der Waals surface area contributed by atoms with Crippen molar-refractivity contribution in [2.75, 3.05) is 0 Å². The van der Waals surface area contributed by atoms with E-state index in [2.05, 4.69) is 120 Å². The number of para-hydroxylation sites is 2. The lowest BCUT2D eigenvalue weighted by Crippen LogP contribution is -2.50. The van der Waals surface area contributed by atoms with Crippen molar-refractivity contribution in [3.05, 3.63) is 78.9 Å². The van der Waals surface area contributed by atoms with Gasteiger partial charge in [-0.05, 0) is 54.9 Å². The Balaban J connectivity index is 1.68. The van der Waals surface area contributed by atoms with Crippen LogP contribution in [0.3, 0.4) is 0 Å². The first-order valence-corrected chi connectivity index (χ1v) is 11.9. The molecule has 4 aromatic rings. The molecule has 4 heteroatoms. The molecule has 1 aromatic heterocycles. The number of aromatic nitrogens is 2. The molecular weight excluding hydrogens is 403 g/mol. The summed E-state index contributed by atoms with van der Waals surface area (Å²) in [6.45, 7) is 15.7. The zero-order valence-electron chi connectivity index (χ0n) is 21.0. The molecule has 3 nitrogen and oxygen atoms in total. The molecule has 0 saturated carbocycles. The minimum atomic E-state index is -0.250. The van der Waals surface area contributed by atoms with E-state index in [1.54, 1.807) is 0 Å². The molecule has 0 aliphatic heterocycles. The Bertz CT molecular complexity index is 1220. The minimum Gasteiger partial charge on any atom is -0.426 e. The molecule has 0 radical (unpaired) electrons. The number of fused-ring (bicyclic) bond motifs is 1. The molecule has 4 rings (SSSR count). The normalized spacial score (nSPS) is 12.5. The summed E-state index contributed by atoms with van der Waals surface area (Å²) in [4.78, 5) is 4.95. The van der Waals surface area contributed by atoms with Gasteiger partial charge in [0.15, 0.2) is 0 Å². The Labute approximate surface area is 198 Å². The third kappa shape index (κ3) is 4.37. The number of hydrogen-bond donors (Lipinski definition) is 0. The molecule has 0 spiro atoms. The zero-order chi connectivity index (χ0) is 23.8. The highest BCUT2D eigenvalue weighted by molar-refractivity contribution is 6.66. The number of rotatable bonds is 7. The highest BCUT2D eigenvalue weighted by atomic mass is 16.5. The Morgan fingerprint density at radius 1 is 0.818 bits per heavy atom. The molecule has 1 heterocycles. The fourth-order valence-corrected chi connectivity index (χ4v) is 4.32. The highest BCUT2D eigenvalue weighted by Gasteiger charge is 2.41. The lowest BCUT2D eigenvalue weighted by atomic mass is 9.60. The van der Waals surface area contributed by atoms with Gasteiger partial charge in [-0.15, -0.1) is 0 Å². The van der Waals surface area contributed by atoms with Gasteiger partial charge < -0.3 is 4.65 Å². The predicted octanol–water partition coefficient (Wildman–Crippen LogP) is 7.00. The van der Waals surface area contributed by atoms with E-state index in [1.165, 1.54) is 5.46 Å². The Morgan fingerprint density at radius 3 is 2.06 bits per heavy atom. The van der Waals surface area contributed by atoms with Gasteiger partial charge in [0.2, 0.25) is 0 Å². The van der Waals surface area contributed by atoms with Crippen LogP contribution >= 0.6 is 0 Å². The second kappa shape index (κ2) is 8.83. The van der Waals surface area contributed by atoms with Gasteiger partial charge in [0.05, 0.1) is 16.6 Å². The highest BCUT2D eigenvalue weighted by Crippen LogP contribution is 2.40. The summed E-state index contributed by atoms with van der Waals surface area (Å²) < 4.78 is 8.87. The van der Waals surface area contributed by atoms with Crippen molar-refractivity contribution in [3.63, 3.8) is 0 Å². The third-order valence-electron chi connectivity index (χ3n) is 7.68. The van der Waals surface area contributed by atoms with E-state index in [0.717, 1.165) is 28.1 Å². The van der Waals surface area contributed by atoms with Gasteiger partial charge in [-0.2, -0.15) is 0 Å². The molecule has 3 aromatic carbocycles. The van der Waals surface area contributed by atoms with Crippen LogP contribution in [0.2, 0.25) is 6.82 Å². The van der Waals surface area contributed by atoms with Crippen LogP contribution in [-0.4, -0.2) is 22.1 Å². The Kier molecular flexibility index (Phi) is 6.24. The first-order valence-electron chi connectivity index (χ1n) is 11.9. The minimum absolute atomic E-state index is 0.000185. The van der Waals surface area contributed by atoms with Gasteiger partial charge in [0.1, 0.15) is 5.82 Å². The quantitative estimate of drug-likeness (QED) is 0.291. The van der Waals surface area contributed by atoms with Crippen LogP contribution in [-0.2, 0) is 4.65 Å². The number of hydrogen-bond acceptors (Lipinski definition) is 2. The lowest BCUT2D eigenvalue weighted by Gasteiger charge is -2.46. The number of nitrogens with zero attached hydrogens (tertiary/aromatic N) is 2. The van der Waals surface area contributed by atoms with Gasteiger partial charge in [-0.1, -0.05) is 89.1 Å². The number of benzene rings is 3. The van der Waals surface area contributed by atoms with E-state index >= 15 is 0 Å². The topological polar surface area (TPSA) is 27.1 Å².